The van der Waals surface area contributed by atoms with Gasteiger partial charge in [-0.2, -0.15) is 13.2 Å². The first-order valence-electron chi connectivity index (χ1n) is 6.70. The molecule has 1 aromatic heterocycles. The highest BCUT2D eigenvalue weighted by molar-refractivity contribution is 7.98. The number of H-pyrrole nitrogens is 1. The van der Waals surface area contributed by atoms with Gasteiger partial charge in [0, 0.05) is 17.0 Å². The molecule has 2 aromatic rings. The SMILES string of the molecule is CCc1c(C)nc(SCc2ccc(C(F)(F)F)cc2)[nH]c1=O. The third-order valence-electron chi connectivity index (χ3n) is 3.21. The van der Waals surface area contributed by atoms with Gasteiger partial charge in [0.1, 0.15) is 0 Å². The first kappa shape index (κ1) is 16.6. The van der Waals surface area contributed by atoms with Crippen molar-refractivity contribution in [2.24, 2.45) is 0 Å². The number of halogens is 3. The van der Waals surface area contributed by atoms with Crippen LogP contribution in [0, 0.1) is 6.92 Å². The Morgan fingerprint density at radius 1 is 1.23 bits per heavy atom. The summed E-state index contributed by atoms with van der Waals surface area (Å²) >= 11 is 1.29. The smallest absolute Gasteiger partial charge is 0.301 e. The fourth-order valence-corrected chi connectivity index (χ4v) is 2.87. The zero-order valence-electron chi connectivity index (χ0n) is 12.1. The molecule has 0 aliphatic rings. The largest absolute Gasteiger partial charge is 0.416 e. The van der Waals surface area contributed by atoms with Crippen LogP contribution in [0.1, 0.15) is 29.3 Å². The number of aryl methyl sites for hydroxylation is 1. The zero-order valence-corrected chi connectivity index (χ0v) is 12.9. The molecule has 0 amide bonds. The highest BCUT2D eigenvalue weighted by Gasteiger charge is 2.29. The minimum atomic E-state index is -4.33. The lowest BCUT2D eigenvalue weighted by Gasteiger charge is -2.08. The van der Waals surface area contributed by atoms with Crippen LogP contribution < -0.4 is 5.56 Å². The molecule has 0 saturated carbocycles. The summed E-state index contributed by atoms with van der Waals surface area (Å²) in [5.74, 6) is 0.436. The lowest BCUT2D eigenvalue weighted by Crippen LogP contribution is -2.16. The maximum atomic E-state index is 12.5. The molecule has 0 radical (unpaired) electrons. The molecule has 7 heteroatoms. The van der Waals surface area contributed by atoms with Crippen molar-refractivity contribution >= 4 is 11.8 Å². The van der Waals surface area contributed by atoms with E-state index in [1.165, 1.54) is 23.9 Å². The monoisotopic (exact) mass is 328 g/mol. The third kappa shape index (κ3) is 3.91. The van der Waals surface area contributed by atoms with Crippen molar-refractivity contribution in [2.45, 2.75) is 37.4 Å². The number of benzene rings is 1. The fourth-order valence-electron chi connectivity index (χ4n) is 2.01. The minimum Gasteiger partial charge on any atom is -0.301 e. The van der Waals surface area contributed by atoms with Crippen LogP contribution in [0.3, 0.4) is 0 Å². The standard InChI is InChI=1S/C15H15F3N2OS/c1-3-12-9(2)19-14(20-13(12)21)22-8-10-4-6-11(7-5-10)15(16,17)18/h4-7H,3,8H2,1-2H3,(H,19,20,21). The van der Waals surface area contributed by atoms with Gasteiger partial charge in [-0.1, -0.05) is 30.8 Å². The molecule has 0 aliphatic heterocycles. The molecular formula is C15H15F3N2OS. The Hall–Kier alpha value is -1.76. The van der Waals surface area contributed by atoms with E-state index in [0.717, 1.165) is 17.7 Å². The average Bonchev–Trinajstić information content (AvgIpc) is 2.44. The molecule has 0 unspecified atom stereocenters. The summed E-state index contributed by atoms with van der Waals surface area (Å²) in [7, 11) is 0. The summed E-state index contributed by atoms with van der Waals surface area (Å²) in [6.45, 7) is 3.66. The van der Waals surface area contributed by atoms with Gasteiger partial charge in [0.05, 0.1) is 5.56 Å². The van der Waals surface area contributed by atoms with E-state index in [9.17, 15) is 18.0 Å². The Kier molecular flexibility index (Phi) is 4.95. The predicted octanol–water partition coefficient (Wildman–Crippen LogP) is 3.95. The van der Waals surface area contributed by atoms with E-state index in [0.29, 0.717) is 28.6 Å². The quantitative estimate of drug-likeness (QED) is 0.683. The summed E-state index contributed by atoms with van der Waals surface area (Å²) in [6.07, 6.45) is -3.72. The number of alkyl halides is 3. The van der Waals surface area contributed by atoms with Gasteiger partial charge in [0.15, 0.2) is 5.16 Å². The number of nitrogens with zero attached hydrogens (tertiary/aromatic N) is 1. The van der Waals surface area contributed by atoms with Gasteiger partial charge in [-0.3, -0.25) is 4.79 Å². The van der Waals surface area contributed by atoms with Gasteiger partial charge < -0.3 is 4.98 Å². The van der Waals surface area contributed by atoms with Crippen LogP contribution in [0.15, 0.2) is 34.2 Å². The highest BCUT2D eigenvalue weighted by atomic mass is 32.2. The molecule has 1 aromatic carbocycles. The molecule has 1 N–H and O–H groups in total. The number of hydrogen-bond acceptors (Lipinski definition) is 3. The van der Waals surface area contributed by atoms with Crippen molar-refractivity contribution in [3.63, 3.8) is 0 Å². The van der Waals surface area contributed by atoms with Crippen LogP contribution in [0.5, 0.6) is 0 Å². The second-order valence-corrected chi connectivity index (χ2v) is 5.74. The molecule has 22 heavy (non-hydrogen) atoms. The topological polar surface area (TPSA) is 45.8 Å². The number of aromatic amines is 1. The second-order valence-electron chi connectivity index (χ2n) is 4.77. The van der Waals surface area contributed by atoms with Crippen LogP contribution >= 0.6 is 11.8 Å². The summed E-state index contributed by atoms with van der Waals surface area (Å²) in [5, 5.41) is 0.472. The minimum absolute atomic E-state index is 0.162. The lowest BCUT2D eigenvalue weighted by atomic mass is 10.1. The molecule has 0 spiro atoms. The zero-order chi connectivity index (χ0) is 16.3. The van der Waals surface area contributed by atoms with Gasteiger partial charge in [-0.25, -0.2) is 4.98 Å². The number of nitrogens with one attached hydrogen (secondary N) is 1. The normalized spacial score (nSPS) is 11.7. The summed E-state index contributed by atoms with van der Waals surface area (Å²) < 4.78 is 37.4. The van der Waals surface area contributed by atoms with E-state index >= 15 is 0 Å². The van der Waals surface area contributed by atoms with Crippen LogP contribution in [0.25, 0.3) is 0 Å². The Morgan fingerprint density at radius 3 is 2.36 bits per heavy atom. The van der Waals surface area contributed by atoms with Crippen LogP contribution in [-0.4, -0.2) is 9.97 Å². The highest BCUT2D eigenvalue weighted by Crippen LogP contribution is 2.30. The van der Waals surface area contributed by atoms with E-state index in [-0.39, 0.29) is 5.56 Å². The van der Waals surface area contributed by atoms with Crippen molar-refractivity contribution in [2.75, 3.05) is 0 Å². The van der Waals surface area contributed by atoms with E-state index in [2.05, 4.69) is 9.97 Å². The molecule has 118 valence electrons. The van der Waals surface area contributed by atoms with Crippen molar-refractivity contribution in [1.82, 2.24) is 9.97 Å². The molecule has 2 rings (SSSR count). The number of thioether (sulfide) groups is 1. The summed E-state index contributed by atoms with van der Waals surface area (Å²) in [6, 6.07) is 4.97. The van der Waals surface area contributed by atoms with E-state index in [1.54, 1.807) is 6.92 Å². The third-order valence-corrected chi connectivity index (χ3v) is 4.16. The first-order chi connectivity index (χ1) is 10.3. The van der Waals surface area contributed by atoms with Crippen LogP contribution in [-0.2, 0) is 18.3 Å². The molecule has 3 nitrogen and oxygen atoms in total. The molecule has 1 heterocycles. The van der Waals surface area contributed by atoms with Gasteiger partial charge in [-0.05, 0) is 31.0 Å². The maximum absolute atomic E-state index is 12.5. The van der Waals surface area contributed by atoms with E-state index < -0.39 is 11.7 Å². The molecule has 0 saturated heterocycles. The Bertz CT molecular complexity index is 708. The van der Waals surface area contributed by atoms with E-state index in [4.69, 9.17) is 0 Å². The molecule has 0 atom stereocenters. The number of aromatic nitrogens is 2. The fraction of sp³-hybridized carbons (Fsp3) is 0.333. The Balaban J connectivity index is 2.09. The molecule has 0 fully saturated rings. The van der Waals surface area contributed by atoms with Crippen LogP contribution in [0.2, 0.25) is 0 Å². The lowest BCUT2D eigenvalue weighted by molar-refractivity contribution is -0.137. The summed E-state index contributed by atoms with van der Waals surface area (Å²) in [5.41, 5.74) is 1.23. The number of hydrogen-bond donors (Lipinski definition) is 1. The van der Waals surface area contributed by atoms with Crippen molar-refractivity contribution in [3.8, 4) is 0 Å². The summed E-state index contributed by atoms with van der Waals surface area (Å²) in [4.78, 5) is 18.8. The Labute approximate surface area is 130 Å². The second kappa shape index (κ2) is 6.56. The average molecular weight is 328 g/mol. The van der Waals surface area contributed by atoms with Crippen molar-refractivity contribution < 1.29 is 13.2 Å². The predicted molar refractivity (Wildman–Crippen MR) is 80.0 cm³/mol. The molecule has 0 aliphatic carbocycles. The maximum Gasteiger partial charge on any atom is 0.416 e. The van der Waals surface area contributed by atoms with Crippen molar-refractivity contribution in [1.29, 1.82) is 0 Å². The number of rotatable bonds is 4. The molecular weight excluding hydrogens is 313 g/mol. The van der Waals surface area contributed by atoms with Gasteiger partial charge >= 0.3 is 6.18 Å². The Morgan fingerprint density at radius 2 is 1.86 bits per heavy atom. The van der Waals surface area contributed by atoms with Gasteiger partial charge in [0.2, 0.25) is 0 Å². The van der Waals surface area contributed by atoms with Crippen LogP contribution in [0.4, 0.5) is 13.2 Å². The van der Waals surface area contributed by atoms with Gasteiger partial charge in [-0.15, -0.1) is 0 Å². The van der Waals surface area contributed by atoms with E-state index in [1.807, 2.05) is 6.92 Å². The van der Waals surface area contributed by atoms with Gasteiger partial charge in [0.25, 0.3) is 5.56 Å². The van der Waals surface area contributed by atoms with Crippen molar-refractivity contribution in [3.05, 3.63) is 57.0 Å². The first-order valence-corrected chi connectivity index (χ1v) is 7.68. The molecule has 0 bridgehead atoms.